The summed E-state index contributed by atoms with van der Waals surface area (Å²) in [5, 5.41) is 13.6. The molecule has 2 heterocycles. The predicted octanol–water partition coefficient (Wildman–Crippen LogP) is 3.86. The minimum atomic E-state index is -2.80. The van der Waals surface area contributed by atoms with Gasteiger partial charge in [0.15, 0.2) is 0 Å². The van der Waals surface area contributed by atoms with E-state index in [1.165, 1.54) is 6.20 Å². The smallest absolute Gasteiger partial charge is 0.333 e. The highest BCUT2D eigenvalue weighted by Crippen LogP contribution is 2.50. The molecule has 4 rings (SSSR count). The first kappa shape index (κ1) is 17.1. The van der Waals surface area contributed by atoms with Crippen LogP contribution in [0.25, 0.3) is 10.9 Å². The summed E-state index contributed by atoms with van der Waals surface area (Å²) < 4.78 is 53.4. The molecule has 140 valence electrons. The van der Waals surface area contributed by atoms with Gasteiger partial charge in [0.1, 0.15) is 0 Å². The number of carbonyl (C=O) groups is 1. The number of carboxylic acids is 1. The van der Waals surface area contributed by atoms with Crippen LogP contribution in [0.4, 0.5) is 23.2 Å². The normalized spacial score (nSPS) is 25.0. The molecule has 0 radical (unpaired) electrons. The average Bonchev–Trinajstić information content (AvgIpc) is 3.25. The van der Waals surface area contributed by atoms with Gasteiger partial charge in [-0.2, -0.15) is 13.9 Å². The quantitative estimate of drug-likeness (QED) is 0.830. The second kappa shape index (κ2) is 5.85. The van der Waals surface area contributed by atoms with Crippen molar-refractivity contribution in [1.29, 1.82) is 0 Å². The van der Waals surface area contributed by atoms with Gasteiger partial charge in [-0.1, -0.05) is 0 Å². The lowest BCUT2D eigenvalue weighted by atomic mass is 10.0. The second-order valence-corrected chi connectivity index (χ2v) is 6.99. The van der Waals surface area contributed by atoms with Gasteiger partial charge in [-0.3, -0.25) is 4.79 Å². The zero-order valence-electron chi connectivity index (χ0n) is 13.7. The molecule has 2 aliphatic rings. The number of benzene rings is 1. The summed E-state index contributed by atoms with van der Waals surface area (Å²) in [6.45, 7) is -2.48. The van der Waals surface area contributed by atoms with Gasteiger partial charge in [-0.15, -0.1) is 0 Å². The van der Waals surface area contributed by atoms with E-state index in [2.05, 4.69) is 5.10 Å². The molecule has 1 aromatic carbocycles. The average molecular weight is 371 g/mol. The Balaban J connectivity index is 1.74. The number of rotatable bonds is 4. The molecule has 5 nitrogen and oxygen atoms in total. The van der Waals surface area contributed by atoms with Crippen molar-refractivity contribution in [2.45, 2.75) is 37.7 Å². The summed E-state index contributed by atoms with van der Waals surface area (Å²) >= 11 is 0. The highest BCUT2D eigenvalue weighted by Gasteiger charge is 2.46. The Morgan fingerprint density at radius 3 is 2.54 bits per heavy atom. The Labute approximate surface area is 146 Å². The number of hydrogen-bond donors (Lipinski definition) is 1. The van der Waals surface area contributed by atoms with Crippen LogP contribution in [0.1, 0.15) is 37.3 Å². The van der Waals surface area contributed by atoms with Gasteiger partial charge in [0.25, 0.3) is 5.92 Å². The van der Waals surface area contributed by atoms with E-state index in [9.17, 15) is 27.5 Å². The largest absolute Gasteiger partial charge is 0.481 e. The molecule has 2 aromatic rings. The molecule has 1 aliphatic carbocycles. The number of aliphatic carboxylic acids is 1. The first-order valence-electron chi connectivity index (χ1n) is 8.42. The zero-order chi connectivity index (χ0) is 18.6. The monoisotopic (exact) mass is 371 g/mol. The maximum Gasteiger partial charge on any atom is 0.333 e. The van der Waals surface area contributed by atoms with Gasteiger partial charge in [-0.25, -0.2) is 13.5 Å². The van der Waals surface area contributed by atoms with Crippen molar-refractivity contribution in [3.63, 3.8) is 0 Å². The van der Waals surface area contributed by atoms with E-state index in [4.69, 9.17) is 0 Å². The molecular formula is C17H17F4N3O2. The van der Waals surface area contributed by atoms with E-state index in [0.29, 0.717) is 33.3 Å². The SMILES string of the molecule is O=C(O)[C@@H]1C[C@H]1c1cc(N2CCC(F)(F)CC2)cc2cn(C(F)F)nc12. The number of hydrogen-bond acceptors (Lipinski definition) is 3. The lowest BCUT2D eigenvalue weighted by Crippen LogP contribution is -2.39. The summed E-state index contributed by atoms with van der Waals surface area (Å²) in [6, 6.07) is 3.38. The molecule has 0 bridgehead atoms. The Morgan fingerprint density at radius 1 is 1.27 bits per heavy atom. The lowest BCUT2D eigenvalue weighted by molar-refractivity contribution is -0.138. The van der Waals surface area contributed by atoms with Crippen molar-refractivity contribution in [3.05, 3.63) is 23.9 Å². The fourth-order valence-corrected chi connectivity index (χ4v) is 3.63. The minimum absolute atomic E-state index is 0.161. The lowest BCUT2D eigenvalue weighted by Gasteiger charge is -2.33. The molecule has 0 amide bonds. The number of fused-ring (bicyclic) bond motifs is 1. The maximum absolute atomic E-state index is 13.4. The Bertz CT molecular complexity index is 857. The third kappa shape index (κ3) is 2.99. The van der Waals surface area contributed by atoms with Crippen LogP contribution in [-0.2, 0) is 4.79 Å². The van der Waals surface area contributed by atoms with Crippen LogP contribution in [-0.4, -0.2) is 39.9 Å². The number of carboxylic acid groups (broad SMARTS) is 1. The van der Waals surface area contributed by atoms with Gasteiger partial charge in [0, 0.05) is 49.1 Å². The topological polar surface area (TPSA) is 58.4 Å². The highest BCUT2D eigenvalue weighted by atomic mass is 19.3. The number of anilines is 1. The van der Waals surface area contributed by atoms with Gasteiger partial charge < -0.3 is 10.0 Å². The molecule has 2 atom stereocenters. The fourth-order valence-electron chi connectivity index (χ4n) is 3.63. The summed E-state index contributed by atoms with van der Waals surface area (Å²) in [6.07, 6.45) is 1.10. The third-order valence-corrected chi connectivity index (χ3v) is 5.21. The molecule has 0 spiro atoms. The molecular weight excluding hydrogens is 354 g/mol. The van der Waals surface area contributed by atoms with Crippen molar-refractivity contribution in [2.75, 3.05) is 18.0 Å². The van der Waals surface area contributed by atoms with E-state index >= 15 is 0 Å². The highest BCUT2D eigenvalue weighted by molar-refractivity contribution is 5.88. The summed E-state index contributed by atoms with van der Waals surface area (Å²) in [5.74, 6) is -4.47. The number of nitrogens with zero attached hydrogens (tertiary/aromatic N) is 3. The van der Waals surface area contributed by atoms with Crippen LogP contribution in [0, 0.1) is 5.92 Å². The van der Waals surface area contributed by atoms with Crippen LogP contribution >= 0.6 is 0 Å². The molecule has 1 aliphatic heterocycles. The van der Waals surface area contributed by atoms with Gasteiger partial charge in [-0.05, 0) is 24.1 Å². The van der Waals surface area contributed by atoms with E-state index in [1.54, 1.807) is 17.0 Å². The molecule has 1 saturated heterocycles. The number of piperidine rings is 1. The zero-order valence-corrected chi connectivity index (χ0v) is 13.7. The Morgan fingerprint density at radius 2 is 1.96 bits per heavy atom. The number of alkyl halides is 4. The van der Waals surface area contributed by atoms with Crippen LogP contribution in [0.2, 0.25) is 0 Å². The molecule has 0 unspecified atom stereocenters. The fraction of sp³-hybridized carbons (Fsp3) is 0.529. The summed E-state index contributed by atoms with van der Waals surface area (Å²) in [4.78, 5) is 13.0. The van der Waals surface area contributed by atoms with E-state index < -0.39 is 24.4 Å². The van der Waals surface area contributed by atoms with Crippen molar-refractivity contribution in [1.82, 2.24) is 9.78 Å². The Hall–Kier alpha value is -2.32. The molecule has 1 saturated carbocycles. The van der Waals surface area contributed by atoms with Crippen molar-refractivity contribution < 1.29 is 27.5 Å². The van der Waals surface area contributed by atoms with Crippen molar-refractivity contribution in [2.24, 2.45) is 5.92 Å². The molecule has 1 N–H and O–H groups in total. The third-order valence-electron chi connectivity index (χ3n) is 5.21. The van der Waals surface area contributed by atoms with Crippen LogP contribution in [0.3, 0.4) is 0 Å². The second-order valence-electron chi connectivity index (χ2n) is 6.99. The van der Waals surface area contributed by atoms with Crippen molar-refractivity contribution >= 4 is 22.6 Å². The van der Waals surface area contributed by atoms with E-state index in [0.717, 1.165) is 0 Å². The van der Waals surface area contributed by atoms with Gasteiger partial charge in [0.2, 0.25) is 0 Å². The first-order chi connectivity index (χ1) is 12.2. The summed E-state index contributed by atoms with van der Waals surface area (Å²) in [7, 11) is 0. The molecule has 9 heteroatoms. The molecule has 2 fully saturated rings. The van der Waals surface area contributed by atoms with Crippen molar-refractivity contribution in [3.8, 4) is 0 Å². The maximum atomic E-state index is 13.4. The molecule has 26 heavy (non-hydrogen) atoms. The van der Waals surface area contributed by atoms with Crippen LogP contribution in [0.5, 0.6) is 0 Å². The van der Waals surface area contributed by atoms with Crippen LogP contribution in [0.15, 0.2) is 18.3 Å². The van der Waals surface area contributed by atoms with Gasteiger partial charge in [0.05, 0.1) is 11.4 Å². The molecule has 1 aromatic heterocycles. The van der Waals surface area contributed by atoms with E-state index in [1.807, 2.05) is 0 Å². The minimum Gasteiger partial charge on any atom is -0.481 e. The number of halogens is 4. The van der Waals surface area contributed by atoms with Crippen LogP contribution < -0.4 is 4.90 Å². The summed E-state index contributed by atoms with van der Waals surface area (Å²) in [5.41, 5.74) is 1.60. The standard InChI is InChI=1S/C17H17F4N3O2/c18-16(19)24-8-9-5-10(23-3-1-17(20,21)2-4-23)6-12(14(9)22-24)11-7-13(11)15(25)26/h5-6,8,11,13,16H,1-4,7H2,(H,25,26)/t11-,13+/m0/s1. The first-order valence-corrected chi connectivity index (χ1v) is 8.42. The Kier molecular flexibility index (Phi) is 3.85. The van der Waals surface area contributed by atoms with E-state index in [-0.39, 0.29) is 31.8 Å². The van der Waals surface area contributed by atoms with Gasteiger partial charge >= 0.3 is 12.5 Å². The number of aromatic nitrogens is 2. The predicted molar refractivity (Wildman–Crippen MR) is 85.9 cm³/mol.